The molecule has 5 atom stereocenters. The van der Waals surface area contributed by atoms with E-state index in [9.17, 15) is 19.8 Å². The number of hydrogen-bond donors (Lipinski definition) is 3. The molecule has 2 aliphatic carbocycles. The molecular weight excluding hydrogens is 414 g/mol. The largest absolute Gasteiger partial charge is 0.396 e. The molecule has 8 heteroatoms. The summed E-state index contributed by atoms with van der Waals surface area (Å²) in [7, 11) is 0. The van der Waals surface area contributed by atoms with Crippen LogP contribution in [0.3, 0.4) is 0 Å². The van der Waals surface area contributed by atoms with Gasteiger partial charge in [-0.05, 0) is 49.9 Å². The van der Waals surface area contributed by atoms with Crippen molar-refractivity contribution < 1.29 is 19.8 Å². The average molecular weight is 450 g/mol. The van der Waals surface area contributed by atoms with Crippen molar-refractivity contribution in [1.82, 2.24) is 9.88 Å². The zero-order chi connectivity index (χ0) is 22.4. The Bertz CT molecular complexity index is 852. The maximum Gasteiger partial charge on any atom is 0.223 e. The van der Waals surface area contributed by atoms with Crippen LogP contribution in [0, 0.1) is 16.7 Å². The molecule has 1 saturated heterocycles. The first kappa shape index (κ1) is 22.7. The first-order valence-electron chi connectivity index (χ1n) is 11.5. The van der Waals surface area contributed by atoms with Crippen molar-refractivity contribution in [2.75, 3.05) is 25.0 Å². The van der Waals surface area contributed by atoms with Gasteiger partial charge >= 0.3 is 0 Å². The molecule has 0 aromatic carbocycles. The van der Waals surface area contributed by atoms with Gasteiger partial charge in [0.25, 0.3) is 0 Å². The zero-order valence-corrected chi connectivity index (χ0v) is 19.6. The van der Waals surface area contributed by atoms with Crippen LogP contribution in [0.5, 0.6) is 0 Å². The fraction of sp³-hybridized carbons (Fsp3) is 0.783. The molecule has 1 aromatic heterocycles. The van der Waals surface area contributed by atoms with Crippen LogP contribution in [0.4, 0.5) is 5.13 Å². The summed E-state index contributed by atoms with van der Waals surface area (Å²) >= 11 is 1.47. The minimum atomic E-state index is -0.630. The van der Waals surface area contributed by atoms with E-state index >= 15 is 0 Å². The third-order valence-electron chi connectivity index (χ3n) is 8.26. The van der Waals surface area contributed by atoms with Crippen molar-refractivity contribution in [2.24, 2.45) is 16.7 Å². The van der Waals surface area contributed by atoms with Crippen molar-refractivity contribution in [3.63, 3.8) is 0 Å². The van der Waals surface area contributed by atoms with Crippen LogP contribution in [0.1, 0.15) is 75.8 Å². The van der Waals surface area contributed by atoms with Crippen LogP contribution in [0.15, 0.2) is 0 Å². The Balaban J connectivity index is 1.73. The highest BCUT2D eigenvalue weighted by Gasteiger charge is 2.59. The number of amides is 2. The van der Waals surface area contributed by atoms with E-state index in [2.05, 4.69) is 12.2 Å². The molecule has 31 heavy (non-hydrogen) atoms. The van der Waals surface area contributed by atoms with Crippen molar-refractivity contribution in [2.45, 2.75) is 77.7 Å². The highest BCUT2D eigenvalue weighted by molar-refractivity contribution is 7.15. The molecule has 4 rings (SSSR count). The number of hydrogen-bond acceptors (Lipinski definition) is 6. The van der Waals surface area contributed by atoms with Crippen molar-refractivity contribution in [3.8, 4) is 0 Å². The van der Waals surface area contributed by atoms with E-state index in [1.165, 1.54) is 24.7 Å². The highest BCUT2D eigenvalue weighted by atomic mass is 32.1. The summed E-state index contributed by atoms with van der Waals surface area (Å²) in [5.41, 5.74) is 0.0426. The molecule has 7 nitrogen and oxygen atoms in total. The number of carbonyl (C=O) groups is 2. The fourth-order valence-corrected chi connectivity index (χ4v) is 7.41. The molecule has 0 radical (unpaired) electrons. The molecule has 0 bridgehead atoms. The van der Waals surface area contributed by atoms with Gasteiger partial charge in [0.2, 0.25) is 11.8 Å². The van der Waals surface area contributed by atoms with Gasteiger partial charge in [-0.25, -0.2) is 4.98 Å². The molecule has 3 aliphatic rings. The Morgan fingerprint density at radius 3 is 2.61 bits per heavy atom. The van der Waals surface area contributed by atoms with Crippen molar-refractivity contribution in [1.29, 1.82) is 0 Å². The zero-order valence-electron chi connectivity index (χ0n) is 18.8. The number of aliphatic hydroxyl groups excluding tert-OH is 2. The van der Waals surface area contributed by atoms with Gasteiger partial charge in [0.1, 0.15) is 0 Å². The third-order valence-corrected chi connectivity index (χ3v) is 9.27. The van der Waals surface area contributed by atoms with Gasteiger partial charge in [-0.1, -0.05) is 13.8 Å². The predicted molar refractivity (Wildman–Crippen MR) is 120 cm³/mol. The SMILES string of the molecule is CC(=O)Nc1nc2c(s1)C[C@@H]1[C@](C)(CO)[C@H](O)CC[C@@]1(C)[C@@H]2CC(=O)N1CCCCC1. The Morgan fingerprint density at radius 2 is 1.97 bits per heavy atom. The number of nitrogens with zero attached hydrogens (tertiary/aromatic N) is 2. The van der Waals surface area contributed by atoms with Gasteiger partial charge in [-0.3, -0.25) is 9.59 Å². The van der Waals surface area contributed by atoms with E-state index in [-0.39, 0.29) is 35.7 Å². The summed E-state index contributed by atoms with van der Waals surface area (Å²) in [6.45, 7) is 7.21. The van der Waals surface area contributed by atoms with E-state index in [1.54, 1.807) is 0 Å². The molecule has 0 spiro atoms. The smallest absolute Gasteiger partial charge is 0.223 e. The Morgan fingerprint density at radius 1 is 1.26 bits per heavy atom. The quantitative estimate of drug-likeness (QED) is 0.656. The molecule has 3 N–H and O–H groups in total. The molecule has 1 aromatic rings. The number of thiazole rings is 1. The number of rotatable bonds is 4. The van der Waals surface area contributed by atoms with Crippen LogP contribution in [0.25, 0.3) is 0 Å². The van der Waals surface area contributed by atoms with E-state index < -0.39 is 11.5 Å². The summed E-state index contributed by atoms with van der Waals surface area (Å²) in [6.07, 6.45) is 5.20. The number of aromatic nitrogens is 1. The first-order chi connectivity index (χ1) is 14.7. The van der Waals surface area contributed by atoms with Crippen molar-refractivity contribution in [3.05, 3.63) is 10.6 Å². The van der Waals surface area contributed by atoms with E-state index in [4.69, 9.17) is 4.98 Å². The van der Waals surface area contributed by atoms with Crippen LogP contribution in [-0.4, -0.2) is 57.7 Å². The molecule has 2 fully saturated rings. The normalized spacial score (nSPS) is 35.3. The van der Waals surface area contributed by atoms with Crippen LogP contribution in [0.2, 0.25) is 0 Å². The second-order valence-corrected chi connectivity index (χ2v) is 11.3. The molecule has 2 amide bonds. The van der Waals surface area contributed by atoms with E-state index in [0.29, 0.717) is 24.4 Å². The molecule has 2 heterocycles. The van der Waals surface area contributed by atoms with Crippen LogP contribution in [-0.2, 0) is 16.0 Å². The number of piperidine rings is 1. The Kier molecular flexibility index (Phi) is 6.18. The number of nitrogens with one attached hydrogen (secondary N) is 1. The lowest BCUT2D eigenvalue weighted by Gasteiger charge is -2.58. The topological polar surface area (TPSA) is 103 Å². The average Bonchev–Trinajstić information content (AvgIpc) is 3.14. The minimum Gasteiger partial charge on any atom is -0.396 e. The van der Waals surface area contributed by atoms with Gasteiger partial charge in [0.05, 0.1) is 18.4 Å². The lowest BCUT2D eigenvalue weighted by molar-refractivity contribution is -0.147. The molecule has 172 valence electrons. The van der Waals surface area contributed by atoms with Gasteiger partial charge in [-0.2, -0.15) is 0 Å². The standard InChI is InChI=1S/C23H35N3O4S/c1-14(28)24-21-25-20-15(11-19(30)26-9-5-4-6-10-26)22(2)8-7-18(29)23(3,13-27)17(22)12-16(20)31-21/h15,17-18,27,29H,4-13H2,1-3H3,(H,24,25,28)/t15-,17+,18-,22+,23+/m1/s1. The second kappa shape index (κ2) is 8.45. The monoisotopic (exact) mass is 449 g/mol. The summed E-state index contributed by atoms with van der Waals surface area (Å²) in [4.78, 5) is 32.8. The lowest BCUT2D eigenvalue weighted by Crippen LogP contribution is -2.57. The van der Waals surface area contributed by atoms with Gasteiger partial charge in [-0.15, -0.1) is 11.3 Å². The molecular formula is C23H35N3O4S. The number of fused-ring (bicyclic) bond motifs is 2. The fourth-order valence-electron chi connectivity index (χ4n) is 6.30. The molecule has 1 saturated carbocycles. The molecule has 0 unspecified atom stereocenters. The van der Waals surface area contributed by atoms with E-state index in [1.807, 2.05) is 11.8 Å². The van der Waals surface area contributed by atoms with Crippen LogP contribution >= 0.6 is 11.3 Å². The summed E-state index contributed by atoms with van der Waals surface area (Å²) in [5, 5.41) is 24.5. The minimum absolute atomic E-state index is 0.0334. The van der Waals surface area contributed by atoms with E-state index in [0.717, 1.165) is 42.9 Å². The summed E-state index contributed by atoms with van der Waals surface area (Å²) in [6, 6.07) is 0. The first-order valence-corrected chi connectivity index (χ1v) is 12.3. The maximum atomic E-state index is 13.3. The number of likely N-dealkylation sites (tertiary alicyclic amines) is 1. The highest BCUT2D eigenvalue weighted by Crippen LogP contribution is 2.62. The van der Waals surface area contributed by atoms with Gasteiger partial charge in [0.15, 0.2) is 5.13 Å². The third kappa shape index (κ3) is 3.91. The van der Waals surface area contributed by atoms with Crippen molar-refractivity contribution >= 4 is 28.3 Å². The van der Waals surface area contributed by atoms with Gasteiger partial charge < -0.3 is 20.4 Å². The van der Waals surface area contributed by atoms with Crippen LogP contribution < -0.4 is 5.32 Å². The number of anilines is 1. The summed E-state index contributed by atoms with van der Waals surface area (Å²) < 4.78 is 0. The number of carbonyl (C=O) groups excluding carboxylic acids is 2. The summed E-state index contributed by atoms with van der Waals surface area (Å²) in [5.74, 6) is -0.0476. The maximum absolute atomic E-state index is 13.3. The predicted octanol–water partition coefficient (Wildman–Crippen LogP) is 2.92. The lowest BCUT2D eigenvalue weighted by atomic mass is 9.47. The Labute approximate surface area is 188 Å². The molecule has 1 aliphatic heterocycles. The Hall–Kier alpha value is -1.51. The number of aliphatic hydroxyl groups is 2. The van der Waals surface area contributed by atoms with Gasteiger partial charge in [0, 0.05) is 42.6 Å². The second-order valence-electron chi connectivity index (χ2n) is 10.2.